The van der Waals surface area contributed by atoms with Crippen molar-refractivity contribution in [3.05, 3.63) is 81.5 Å². The summed E-state index contributed by atoms with van der Waals surface area (Å²) in [6, 6.07) is 14.5. The van der Waals surface area contributed by atoms with E-state index >= 15 is 0 Å². The van der Waals surface area contributed by atoms with Gasteiger partial charge in [0.2, 0.25) is 0 Å². The third-order valence-corrected chi connectivity index (χ3v) is 3.78. The van der Waals surface area contributed by atoms with Gasteiger partial charge < -0.3 is 15.0 Å². The van der Waals surface area contributed by atoms with Gasteiger partial charge in [0.25, 0.3) is 0 Å². The molecule has 1 aromatic heterocycles. The molecule has 0 fully saturated rings. The Morgan fingerprint density at radius 1 is 0.652 bits per heavy atom. The zero-order valence-electron chi connectivity index (χ0n) is 11.9. The zero-order valence-corrected chi connectivity index (χ0v) is 13.4. The standard InChI is InChI=1S/C17H13Cl2N3O/c18-13-5-1-11(2-6-13)15-9-21-17(23)22-16(10-20-15)12-3-7-14(19)8-4-12/h1-10,20H,(H2,21,22,23). The number of aromatic amines is 3. The first kappa shape index (κ1) is 15.5. The average molecular weight is 346 g/mol. The molecule has 3 aromatic rings. The van der Waals surface area contributed by atoms with Gasteiger partial charge in [0.05, 0.1) is 11.4 Å². The van der Waals surface area contributed by atoms with Crippen LogP contribution in [0.25, 0.3) is 22.5 Å². The Labute approximate surface area is 142 Å². The first-order valence-electron chi connectivity index (χ1n) is 6.88. The van der Waals surface area contributed by atoms with Crippen molar-refractivity contribution in [1.82, 2.24) is 15.0 Å². The van der Waals surface area contributed by atoms with E-state index < -0.39 is 0 Å². The van der Waals surface area contributed by atoms with E-state index in [2.05, 4.69) is 15.0 Å². The molecule has 0 saturated carbocycles. The highest BCUT2D eigenvalue weighted by Gasteiger charge is 2.00. The highest BCUT2D eigenvalue weighted by Crippen LogP contribution is 2.20. The van der Waals surface area contributed by atoms with Crippen LogP contribution in [-0.4, -0.2) is 15.0 Å². The molecule has 0 aliphatic carbocycles. The maximum absolute atomic E-state index is 11.9. The van der Waals surface area contributed by atoms with Crippen LogP contribution < -0.4 is 5.69 Å². The van der Waals surface area contributed by atoms with Gasteiger partial charge in [-0.3, -0.25) is 0 Å². The highest BCUT2D eigenvalue weighted by molar-refractivity contribution is 6.30. The SMILES string of the molecule is O=c1[nH]cc(-c2ccc(Cl)cc2)[nH]cc(-c2ccc(Cl)cc2)[nH]1. The maximum Gasteiger partial charge on any atom is 0.323 e. The predicted molar refractivity (Wildman–Crippen MR) is 94.3 cm³/mol. The van der Waals surface area contributed by atoms with Crippen molar-refractivity contribution in [1.29, 1.82) is 0 Å². The maximum atomic E-state index is 11.9. The predicted octanol–water partition coefficient (Wildman–Crippen LogP) is 4.80. The molecule has 23 heavy (non-hydrogen) atoms. The second-order valence-electron chi connectivity index (χ2n) is 4.87. The summed E-state index contributed by atoms with van der Waals surface area (Å²) >= 11 is 11.8. The summed E-state index contributed by atoms with van der Waals surface area (Å²) in [6.07, 6.45) is 3.34. The average Bonchev–Trinajstić information content (AvgIpc) is 2.53. The van der Waals surface area contributed by atoms with E-state index in [1.165, 1.54) is 0 Å². The summed E-state index contributed by atoms with van der Waals surface area (Å²) in [5, 5.41) is 1.29. The minimum absolute atomic E-state index is 0.320. The summed E-state index contributed by atoms with van der Waals surface area (Å²) < 4.78 is 0. The highest BCUT2D eigenvalue weighted by atomic mass is 35.5. The van der Waals surface area contributed by atoms with Crippen LogP contribution in [0, 0.1) is 0 Å². The van der Waals surface area contributed by atoms with Crippen molar-refractivity contribution in [2.45, 2.75) is 0 Å². The van der Waals surface area contributed by atoms with Gasteiger partial charge in [-0.1, -0.05) is 47.5 Å². The van der Waals surface area contributed by atoms with Crippen LogP contribution in [0.1, 0.15) is 0 Å². The van der Waals surface area contributed by atoms with Gasteiger partial charge in [-0.05, 0) is 35.4 Å². The van der Waals surface area contributed by atoms with Crippen LogP contribution >= 0.6 is 23.2 Å². The van der Waals surface area contributed by atoms with Crippen molar-refractivity contribution in [3.8, 4) is 22.5 Å². The number of hydrogen-bond acceptors (Lipinski definition) is 1. The molecular weight excluding hydrogens is 333 g/mol. The second kappa shape index (κ2) is 6.77. The smallest absolute Gasteiger partial charge is 0.323 e. The van der Waals surface area contributed by atoms with Crippen LogP contribution in [-0.2, 0) is 0 Å². The Bertz CT molecular complexity index is 904. The van der Waals surface area contributed by atoms with Gasteiger partial charge in [-0.2, -0.15) is 0 Å². The van der Waals surface area contributed by atoms with Gasteiger partial charge in [-0.25, -0.2) is 4.79 Å². The number of aromatic nitrogens is 3. The van der Waals surface area contributed by atoms with E-state index in [1.54, 1.807) is 36.7 Å². The lowest BCUT2D eigenvalue weighted by Crippen LogP contribution is -2.08. The number of halogens is 2. The number of nitrogens with one attached hydrogen (secondary N) is 3. The van der Waals surface area contributed by atoms with E-state index in [4.69, 9.17) is 23.2 Å². The molecule has 0 amide bonds. The van der Waals surface area contributed by atoms with E-state index in [0.29, 0.717) is 15.7 Å². The summed E-state index contributed by atoms with van der Waals surface area (Å²) in [4.78, 5) is 20.6. The van der Waals surface area contributed by atoms with E-state index in [-0.39, 0.29) is 5.69 Å². The fraction of sp³-hybridized carbons (Fsp3) is 0. The molecule has 6 heteroatoms. The zero-order chi connectivity index (χ0) is 16.2. The van der Waals surface area contributed by atoms with Crippen molar-refractivity contribution < 1.29 is 0 Å². The molecule has 2 aromatic carbocycles. The first-order valence-corrected chi connectivity index (χ1v) is 7.64. The molecule has 0 atom stereocenters. The van der Waals surface area contributed by atoms with Gasteiger partial charge in [0.15, 0.2) is 0 Å². The molecule has 1 heterocycles. The van der Waals surface area contributed by atoms with Gasteiger partial charge in [0.1, 0.15) is 0 Å². The number of hydrogen-bond donors (Lipinski definition) is 3. The Morgan fingerprint density at radius 3 is 1.70 bits per heavy atom. The quantitative estimate of drug-likeness (QED) is 0.613. The van der Waals surface area contributed by atoms with Crippen molar-refractivity contribution in [2.75, 3.05) is 0 Å². The van der Waals surface area contributed by atoms with Crippen molar-refractivity contribution >= 4 is 23.2 Å². The third kappa shape index (κ3) is 3.86. The first-order chi connectivity index (χ1) is 11.1. The largest absolute Gasteiger partial charge is 0.358 e. The van der Waals surface area contributed by atoms with Crippen LogP contribution in [0.5, 0.6) is 0 Å². The molecule has 3 rings (SSSR count). The van der Waals surface area contributed by atoms with Crippen LogP contribution in [0.3, 0.4) is 0 Å². The Balaban J connectivity index is 2.11. The molecule has 0 aliphatic heterocycles. The molecule has 0 spiro atoms. The molecule has 0 radical (unpaired) electrons. The van der Waals surface area contributed by atoms with Gasteiger partial charge >= 0.3 is 5.69 Å². The van der Waals surface area contributed by atoms with E-state index in [1.807, 2.05) is 24.3 Å². The van der Waals surface area contributed by atoms with E-state index in [0.717, 1.165) is 16.8 Å². The lowest BCUT2D eigenvalue weighted by molar-refractivity contribution is 1.08. The lowest BCUT2D eigenvalue weighted by atomic mass is 10.1. The van der Waals surface area contributed by atoms with Gasteiger partial charge in [0, 0.05) is 22.4 Å². The molecule has 116 valence electrons. The summed E-state index contributed by atoms with van der Waals surface area (Å²) in [6.45, 7) is 0. The molecule has 3 N–H and O–H groups in total. The topological polar surface area (TPSA) is 64.4 Å². The Morgan fingerprint density at radius 2 is 1.13 bits per heavy atom. The summed E-state index contributed by atoms with van der Waals surface area (Å²) in [7, 11) is 0. The second-order valence-corrected chi connectivity index (χ2v) is 5.75. The molecule has 0 unspecified atom stereocenters. The van der Waals surface area contributed by atoms with Crippen LogP contribution in [0.4, 0.5) is 0 Å². The number of H-pyrrole nitrogens is 3. The van der Waals surface area contributed by atoms with Crippen LogP contribution in [0.2, 0.25) is 10.0 Å². The van der Waals surface area contributed by atoms with Crippen molar-refractivity contribution in [2.24, 2.45) is 0 Å². The summed E-state index contributed by atoms with van der Waals surface area (Å²) in [5.41, 5.74) is 2.82. The number of benzene rings is 2. The molecule has 4 nitrogen and oxygen atoms in total. The monoisotopic (exact) mass is 345 g/mol. The summed E-state index contributed by atoms with van der Waals surface area (Å²) in [5.74, 6) is 0. The van der Waals surface area contributed by atoms with Gasteiger partial charge in [-0.15, -0.1) is 0 Å². The molecule has 0 aliphatic rings. The van der Waals surface area contributed by atoms with Crippen molar-refractivity contribution in [3.63, 3.8) is 0 Å². The fourth-order valence-electron chi connectivity index (χ4n) is 2.10. The fourth-order valence-corrected chi connectivity index (χ4v) is 2.36. The normalized spacial score (nSPS) is 10.3. The molecule has 0 saturated heterocycles. The Kier molecular flexibility index (Phi) is 4.55. The Hall–Kier alpha value is -2.43. The molecule has 0 bridgehead atoms. The minimum atomic E-state index is -0.320. The third-order valence-electron chi connectivity index (χ3n) is 3.28. The number of rotatable bonds is 2. The van der Waals surface area contributed by atoms with E-state index in [9.17, 15) is 4.79 Å². The molecular formula is C17H13Cl2N3O. The lowest BCUT2D eigenvalue weighted by Gasteiger charge is -2.03. The van der Waals surface area contributed by atoms with Crippen LogP contribution in [0.15, 0.2) is 65.7 Å². The minimum Gasteiger partial charge on any atom is -0.358 e.